The van der Waals surface area contributed by atoms with Gasteiger partial charge in [0.05, 0.1) is 18.1 Å². The summed E-state index contributed by atoms with van der Waals surface area (Å²) in [6, 6.07) is 13.8. The van der Waals surface area contributed by atoms with Crippen LogP contribution in [-0.4, -0.2) is 24.5 Å². The summed E-state index contributed by atoms with van der Waals surface area (Å²) < 4.78 is 10.5. The molecule has 1 unspecified atom stereocenters. The van der Waals surface area contributed by atoms with Crippen molar-refractivity contribution in [1.82, 2.24) is 5.32 Å². The predicted octanol–water partition coefficient (Wildman–Crippen LogP) is 3.89. The Labute approximate surface area is 158 Å². The zero-order valence-corrected chi connectivity index (χ0v) is 15.7. The molecule has 0 bridgehead atoms. The van der Waals surface area contributed by atoms with E-state index in [1.54, 1.807) is 0 Å². The second-order valence-corrected chi connectivity index (χ2v) is 6.54. The first-order chi connectivity index (χ1) is 12.9. The van der Waals surface area contributed by atoms with E-state index in [1.807, 2.05) is 30.3 Å². The van der Waals surface area contributed by atoms with Crippen LogP contribution < -0.4 is 14.8 Å². The van der Waals surface area contributed by atoms with Gasteiger partial charge in [-0.15, -0.1) is 0 Å². The van der Waals surface area contributed by atoms with Crippen LogP contribution in [0.5, 0.6) is 11.5 Å². The number of nitrogens with one attached hydrogen (secondary N) is 1. The highest BCUT2D eigenvalue weighted by molar-refractivity contribution is 5.78. The minimum atomic E-state index is -0.536. The van der Waals surface area contributed by atoms with E-state index in [0.29, 0.717) is 11.7 Å². The summed E-state index contributed by atoms with van der Waals surface area (Å²) in [7, 11) is 1.34. The van der Waals surface area contributed by atoms with Gasteiger partial charge in [-0.25, -0.2) is 0 Å². The fourth-order valence-electron chi connectivity index (χ4n) is 2.72. The van der Waals surface area contributed by atoms with Crippen molar-refractivity contribution in [1.29, 1.82) is 0 Å². The van der Waals surface area contributed by atoms with Crippen LogP contribution in [0.4, 0.5) is 5.69 Å². The first-order valence-electron chi connectivity index (χ1n) is 8.70. The molecule has 0 aliphatic heterocycles. The van der Waals surface area contributed by atoms with E-state index in [-0.39, 0.29) is 30.0 Å². The van der Waals surface area contributed by atoms with Gasteiger partial charge in [-0.3, -0.25) is 14.9 Å². The number of hydrogen-bond acceptors (Lipinski definition) is 5. The second kappa shape index (κ2) is 9.56. The molecule has 0 aliphatic rings. The SMILES string of the molecule is COc1cc(OCC(=O)NC(CC(C)C)c2ccccc2)ccc1[N+](=O)[O-]. The normalized spacial score (nSPS) is 11.7. The van der Waals surface area contributed by atoms with Crippen molar-refractivity contribution in [3.05, 3.63) is 64.2 Å². The lowest BCUT2D eigenvalue weighted by Gasteiger charge is -2.21. The number of carbonyl (C=O) groups is 1. The van der Waals surface area contributed by atoms with Gasteiger partial charge in [0.2, 0.25) is 5.75 Å². The maximum atomic E-state index is 12.3. The topological polar surface area (TPSA) is 90.7 Å². The number of amides is 1. The predicted molar refractivity (Wildman–Crippen MR) is 102 cm³/mol. The summed E-state index contributed by atoms with van der Waals surface area (Å²) in [4.78, 5) is 22.7. The fourth-order valence-corrected chi connectivity index (χ4v) is 2.72. The van der Waals surface area contributed by atoms with Crippen molar-refractivity contribution < 1.29 is 19.2 Å². The van der Waals surface area contributed by atoms with Gasteiger partial charge in [0, 0.05) is 12.1 Å². The molecule has 0 saturated heterocycles. The summed E-state index contributed by atoms with van der Waals surface area (Å²) in [6.07, 6.45) is 0.807. The van der Waals surface area contributed by atoms with E-state index in [4.69, 9.17) is 9.47 Å². The van der Waals surface area contributed by atoms with Crippen molar-refractivity contribution in [2.75, 3.05) is 13.7 Å². The number of nitro groups is 1. The number of methoxy groups -OCH3 is 1. The zero-order valence-electron chi connectivity index (χ0n) is 15.7. The first kappa shape index (κ1) is 20.2. The van der Waals surface area contributed by atoms with Gasteiger partial charge in [0.15, 0.2) is 6.61 Å². The van der Waals surface area contributed by atoms with Gasteiger partial charge >= 0.3 is 5.69 Å². The van der Waals surface area contributed by atoms with Crippen molar-refractivity contribution in [3.8, 4) is 11.5 Å². The summed E-state index contributed by atoms with van der Waals surface area (Å²) in [6.45, 7) is 4.01. The molecule has 0 saturated carbocycles. The van der Waals surface area contributed by atoms with Crippen LogP contribution in [0, 0.1) is 16.0 Å². The number of rotatable bonds is 9. The Bertz CT molecular complexity index is 777. The summed E-state index contributed by atoms with van der Waals surface area (Å²) in [5.41, 5.74) is 0.881. The molecular weight excluding hydrogens is 348 g/mol. The second-order valence-electron chi connectivity index (χ2n) is 6.54. The lowest BCUT2D eigenvalue weighted by molar-refractivity contribution is -0.385. The number of carbonyl (C=O) groups excluding carboxylic acids is 1. The highest BCUT2D eigenvalue weighted by atomic mass is 16.6. The molecule has 2 aromatic rings. The van der Waals surface area contributed by atoms with Crippen LogP contribution in [0.2, 0.25) is 0 Å². The van der Waals surface area contributed by atoms with Gasteiger partial charge in [0.1, 0.15) is 5.75 Å². The average molecular weight is 372 g/mol. The third-order valence-electron chi connectivity index (χ3n) is 3.96. The van der Waals surface area contributed by atoms with E-state index in [9.17, 15) is 14.9 Å². The first-order valence-corrected chi connectivity index (χ1v) is 8.70. The van der Waals surface area contributed by atoms with E-state index in [1.165, 1.54) is 25.3 Å². The van der Waals surface area contributed by atoms with E-state index < -0.39 is 4.92 Å². The van der Waals surface area contributed by atoms with Crippen LogP contribution in [-0.2, 0) is 4.79 Å². The number of nitro benzene ring substituents is 1. The molecule has 144 valence electrons. The van der Waals surface area contributed by atoms with E-state index >= 15 is 0 Å². The molecule has 0 aromatic heterocycles. The standard InChI is InChI=1S/C20H24N2O5/c1-14(2)11-17(15-7-5-4-6-8-15)21-20(23)13-27-16-9-10-18(22(24)25)19(12-16)26-3/h4-10,12,14,17H,11,13H2,1-3H3,(H,21,23). The molecule has 2 rings (SSSR count). The molecule has 0 aliphatic carbocycles. The molecule has 1 amide bonds. The van der Waals surface area contributed by atoms with Crippen LogP contribution in [0.1, 0.15) is 31.9 Å². The minimum absolute atomic E-state index is 0.0832. The molecule has 0 spiro atoms. The average Bonchev–Trinajstić information content (AvgIpc) is 2.65. The van der Waals surface area contributed by atoms with Crippen molar-refractivity contribution in [3.63, 3.8) is 0 Å². The summed E-state index contributed by atoms with van der Waals surface area (Å²) in [5.74, 6) is 0.560. The number of hydrogen-bond donors (Lipinski definition) is 1. The van der Waals surface area contributed by atoms with E-state index in [0.717, 1.165) is 12.0 Å². The maximum Gasteiger partial charge on any atom is 0.311 e. The smallest absolute Gasteiger partial charge is 0.311 e. The molecule has 7 nitrogen and oxygen atoms in total. The Morgan fingerprint density at radius 3 is 2.48 bits per heavy atom. The Kier molecular flexibility index (Phi) is 7.16. The van der Waals surface area contributed by atoms with Crippen LogP contribution in [0.25, 0.3) is 0 Å². The molecule has 7 heteroatoms. The number of nitrogens with zero attached hydrogens (tertiary/aromatic N) is 1. The Morgan fingerprint density at radius 1 is 1.19 bits per heavy atom. The lowest BCUT2D eigenvalue weighted by Crippen LogP contribution is -2.33. The quantitative estimate of drug-likeness (QED) is 0.533. The molecule has 1 atom stereocenters. The van der Waals surface area contributed by atoms with Gasteiger partial charge in [-0.1, -0.05) is 44.2 Å². The van der Waals surface area contributed by atoms with Gasteiger partial charge in [-0.2, -0.15) is 0 Å². The van der Waals surface area contributed by atoms with E-state index in [2.05, 4.69) is 19.2 Å². The van der Waals surface area contributed by atoms with Gasteiger partial charge in [-0.05, 0) is 24.0 Å². The minimum Gasteiger partial charge on any atom is -0.490 e. The molecule has 0 heterocycles. The molecule has 1 N–H and O–H groups in total. The zero-order chi connectivity index (χ0) is 19.8. The fraction of sp³-hybridized carbons (Fsp3) is 0.350. The Morgan fingerprint density at radius 2 is 1.89 bits per heavy atom. The third kappa shape index (κ3) is 5.99. The largest absolute Gasteiger partial charge is 0.490 e. The monoisotopic (exact) mass is 372 g/mol. The van der Waals surface area contributed by atoms with Gasteiger partial charge in [0.25, 0.3) is 5.91 Å². The van der Waals surface area contributed by atoms with Crippen LogP contribution in [0.3, 0.4) is 0 Å². The summed E-state index contributed by atoms with van der Waals surface area (Å²) in [5, 5.41) is 13.9. The van der Waals surface area contributed by atoms with Crippen molar-refractivity contribution in [2.24, 2.45) is 5.92 Å². The Hall–Kier alpha value is -3.09. The molecular formula is C20H24N2O5. The number of benzene rings is 2. The highest BCUT2D eigenvalue weighted by Gasteiger charge is 2.18. The summed E-state index contributed by atoms with van der Waals surface area (Å²) >= 11 is 0. The van der Waals surface area contributed by atoms with Gasteiger partial charge < -0.3 is 14.8 Å². The third-order valence-corrected chi connectivity index (χ3v) is 3.96. The maximum absolute atomic E-state index is 12.3. The molecule has 2 aromatic carbocycles. The molecule has 0 radical (unpaired) electrons. The molecule has 27 heavy (non-hydrogen) atoms. The van der Waals surface area contributed by atoms with Crippen LogP contribution in [0.15, 0.2) is 48.5 Å². The Balaban J connectivity index is 2.00. The van der Waals surface area contributed by atoms with Crippen LogP contribution >= 0.6 is 0 Å². The van der Waals surface area contributed by atoms with Crippen molar-refractivity contribution >= 4 is 11.6 Å². The van der Waals surface area contributed by atoms with Crippen molar-refractivity contribution in [2.45, 2.75) is 26.3 Å². The highest BCUT2D eigenvalue weighted by Crippen LogP contribution is 2.30. The molecule has 0 fully saturated rings. The lowest BCUT2D eigenvalue weighted by atomic mass is 9.97. The number of ether oxygens (including phenoxy) is 2.